The summed E-state index contributed by atoms with van der Waals surface area (Å²) in [5.41, 5.74) is 0. The van der Waals surface area contributed by atoms with Crippen LogP contribution in [0.1, 0.15) is 34.0 Å². The summed E-state index contributed by atoms with van der Waals surface area (Å²) in [5, 5.41) is 2.96. The smallest absolute Gasteiger partial charge is 0.155 e. The molecule has 1 aliphatic rings. The third-order valence-corrected chi connectivity index (χ3v) is 2.17. The zero-order valence-electron chi connectivity index (χ0n) is 10.6. The van der Waals surface area contributed by atoms with E-state index in [-0.39, 0.29) is 13.8 Å². The number of Topliss-reactive ketones (excluding diaryl/α,β-unsaturated/α-hetero) is 1. The summed E-state index contributed by atoms with van der Waals surface area (Å²) in [6, 6.07) is 0. The second kappa shape index (κ2) is 12.6. The Morgan fingerprint density at radius 3 is 2.12 bits per heavy atom. The number of rotatable bonds is 8. The zero-order chi connectivity index (χ0) is 12.1. The Bertz CT molecular complexity index is 160. The van der Waals surface area contributed by atoms with Gasteiger partial charge in [-0.1, -0.05) is 25.7 Å². The summed E-state index contributed by atoms with van der Waals surface area (Å²) in [6.45, 7) is 4.25. The quantitative estimate of drug-likeness (QED) is 0.649. The van der Waals surface area contributed by atoms with Gasteiger partial charge in [-0.05, 0) is 14.0 Å². The largest absolute Gasteiger partial charge is 0.378 e. The van der Waals surface area contributed by atoms with E-state index in [4.69, 9.17) is 9.47 Å². The monoisotopic (exact) mass is 234 g/mol. The molecule has 0 unspecified atom stereocenters. The van der Waals surface area contributed by atoms with Crippen molar-refractivity contribution >= 4 is 5.78 Å². The van der Waals surface area contributed by atoms with Crippen LogP contribution in [0.15, 0.2) is 0 Å². The highest BCUT2D eigenvalue weighted by molar-refractivity contribution is 5.76. The molecule has 0 heterocycles. The minimum atomic E-state index is 0. The first kappa shape index (κ1) is 15.6. The first-order chi connectivity index (χ1) is 7.77. The van der Waals surface area contributed by atoms with Gasteiger partial charge in [0.05, 0.1) is 19.8 Å². The lowest BCUT2D eigenvalue weighted by atomic mass is 10.0. The van der Waals surface area contributed by atoms with E-state index in [9.17, 15) is 4.79 Å². The zero-order valence-corrected chi connectivity index (χ0v) is 10.6. The molecule has 4 nitrogen and oxygen atoms in total. The van der Waals surface area contributed by atoms with Crippen LogP contribution in [0.4, 0.5) is 0 Å². The molecule has 0 atom stereocenters. The lowest BCUT2D eigenvalue weighted by Crippen LogP contribution is -2.16. The lowest BCUT2D eigenvalue weighted by molar-refractivity contribution is -0.121. The van der Waals surface area contributed by atoms with Crippen LogP contribution in [0.2, 0.25) is 0 Å². The molecule has 0 amide bonds. The molecular weight excluding hydrogens is 206 g/mol. The van der Waals surface area contributed by atoms with Crippen molar-refractivity contribution in [2.75, 3.05) is 40.0 Å². The number of hydrogen-bond donors (Lipinski definition) is 1. The van der Waals surface area contributed by atoms with E-state index < -0.39 is 0 Å². The summed E-state index contributed by atoms with van der Waals surface area (Å²) in [4.78, 5) is 10.4. The first-order valence-corrected chi connectivity index (χ1v) is 6.07. The number of carbonyl (C=O) groups is 1. The number of nitrogens with one attached hydrogen (secondary N) is 1. The Hall–Kier alpha value is -0.450. The van der Waals surface area contributed by atoms with Crippen LogP contribution >= 0.6 is 0 Å². The van der Waals surface area contributed by atoms with Crippen molar-refractivity contribution in [2.24, 2.45) is 0 Å². The lowest BCUT2D eigenvalue weighted by Gasteiger charge is -2.05. The van der Waals surface area contributed by atoms with Crippen molar-refractivity contribution in [3.8, 4) is 0 Å². The van der Waals surface area contributed by atoms with Crippen LogP contribution in [-0.4, -0.2) is 45.8 Å². The van der Waals surface area contributed by atoms with Crippen molar-refractivity contribution in [3.05, 3.63) is 0 Å². The predicted octanol–water partition coefficient (Wildman–Crippen LogP) is 1.63. The van der Waals surface area contributed by atoms with Crippen LogP contribution in [-0.2, 0) is 14.3 Å². The summed E-state index contributed by atoms with van der Waals surface area (Å²) in [6.07, 6.45) is 6.00. The standard InChI is InChI=1S/C8H17NO3.C4H8.H2/c1-8(10)7-12-6-5-11-4-3-9-2;1-2-4-3-1;/h9H,3-7H2,1-2H3;1-4H2;1H/i;;1+1. The second-order valence-electron chi connectivity index (χ2n) is 3.88. The molecule has 1 saturated carbocycles. The molecule has 98 valence electrons. The second-order valence-corrected chi connectivity index (χ2v) is 3.88. The van der Waals surface area contributed by atoms with Gasteiger partial charge in [-0.15, -0.1) is 0 Å². The molecule has 0 aliphatic heterocycles. The van der Waals surface area contributed by atoms with E-state index in [1.54, 1.807) is 0 Å². The van der Waals surface area contributed by atoms with Gasteiger partial charge in [0.25, 0.3) is 0 Å². The normalized spacial score (nSPS) is 13.6. The molecule has 0 aromatic carbocycles. The van der Waals surface area contributed by atoms with E-state index in [0.717, 1.165) is 6.54 Å². The van der Waals surface area contributed by atoms with Crippen molar-refractivity contribution in [3.63, 3.8) is 0 Å². The van der Waals surface area contributed by atoms with Crippen LogP contribution in [0.3, 0.4) is 0 Å². The molecule has 16 heavy (non-hydrogen) atoms. The minimum absolute atomic E-state index is 0. The Kier molecular flexibility index (Phi) is 12.3. The fourth-order valence-corrected chi connectivity index (χ4v) is 0.860. The summed E-state index contributed by atoms with van der Waals surface area (Å²) in [5.74, 6) is 0.0465. The maximum absolute atomic E-state index is 10.4. The van der Waals surface area contributed by atoms with Crippen LogP contribution in [0, 0.1) is 0 Å². The number of ether oxygens (including phenoxy) is 2. The van der Waals surface area contributed by atoms with E-state index in [2.05, 4.69) is 5.32 Å². The molecule has 0 saturated heterocycles. The fourth-order valence-electron chi connectivity index (χ4n) is 0.860. The van der Waals surface area contributed by atoms with E-state index in [1.165, 1.54) is 32.6 Å². The SMILES string of the molecule is C1CCC1.CNCCOCCOCC(C)=O.[2HH]. The van der Waals surface area contributed by atoms with Crippen molar-refractivity contribution in [1.82, 2.24) is 5.32 Å². The number of likely N-dealkylation sites (N-methyl/N-ethyl adjacent to an activating group) is 1. The Morgan fingerprint density at radius 2 is 1.69 bits per heavy atom. The van der Waals surface area contributed by atoms with E-state index in [0.29, 0.717) is 19.8 Å². The molecule has 0 spiro atoms. The fraction of sp³-hybridized carbons (Fsp3) is 0.917. The molecule has 0 bridgehead atoms. The van der Waals surface area contributed by atoms with Gasteiger partial charge in [-0.3, -0.25) is 4.79 Å². The molecule has 1 aliphatic carbocycles. The minimum Gasteiger partial charge on any atom is -0.378 e. The molecule has 1 rings (SSSR count). The van der Waals surface area contributed by atoms with Gasteiger partial charge < -0.3 is 14.8 Å². The average molecular weight is 234 g/mol. The van der Waals surface area contributed by atoms with Crippen molar-refractivity contribution in [1.29, 1.82) is 0 Å². The maximum Gasteiger partial charge on any atom is 0.155 e. The van der Waals surface area contributed by atoms with Crippen LogP contribution in [0.25, 0.3) is 0 Å². The van der Waals surface area contributed by atoms with Gasteiger partial charge >= 0.3 is 0 Å². The predicted molar refractivity (Wildman–Crippen MR) is 66.8 cm³/mol. The molecule has 0 radical (unpaired) electrons. The Morgan fingerprint density at radius 1 is 1.12 bits per heavy atom. The van der Waals surface area contributed by atoms with Crippen LogP contribution < -0.4 is 5.32 Å². The highest BCUT2D eigenvalue weighted by atomic mass is 16.5. The molecule has 4 heteroatoms. The van der Waals surface area contributed by atoms with Crippen molar-refractivity contribution in [2.45, 2.75) is 32.6 Å². The third-order valence-electron chi connectivity index (χ3n) is 2.17. The van der Waals surface area contributed by atoms with Gasteiger partial charge in [0.2, 0.25) is 0 Å². The summed E-state index contributed by atoms with van der Waals surface area (Å²) >= 11 is 0. The third kappa shape index (κ3) is 13.5. The Balaban J connectivity index is 0. The molecule has 1 N–H and O–H groups in total. The van der Waals surface area contributed by atoms with Gasteiger partial charge in [0.1, 0.15) is 6.61 Å². The highest BCUT2D eigenvalue weighted by Crippen LogP contribution is 2.15. The first-order valence-electron chi connectivity index (χ1n) is 6.07. The molecule has 0 aromatic rings. The van der Waals surface area contributed by atoms with Gasteiger partial charge in [-0.2, -0.15) is 0 Å². The van der Waals surface area contributed by atoms with E-state index in [1.807, 2.05) is 7.05 Å². The van der Waals surface area contributed by atoms with Gasteiger partial charge in [-0.25, -0.2) is 0 Å². The average Bonchev–Trinajstić information content (AvgIpc) is 2.13. The highest BCUT2D eigenvalue weighted by Gasteiger charge is 1.95. The van der Waals surface area contributed by atoms with E-state index >= 15 is 0 Å². The molecule has 1 fully saturated rings. The molecular formula is C12H27NO3. The van der Waals surface area contributed by atoms with Gasteiger partial charge in [0.15, 0.2) is 5.78 Å². The summed E-state index contributed by atoms with van der Waals surface area (Å²) < 4.78 is 10.1. The van der Waals surface area contributed by atoms with Gasteiger partial charge in [0, 0.05) is 7.97 Å². The topological polar surface area (TPSA) is 47.6 Å². The number of carbonyl (C=O) groups excluding carboxylic acids is 1. The van der Waals surface area contributed by atoms with Crippen molar-refractivity contribution < 1.29 is 15.7 Å². The summed E-state index contributed by atoms with van der Waals surface area (Å²) in [7, 11) is 1.87. The van der Waals surface area contributed by atoms with Crippen LogP contribution in [0.5, 0.6) is 0 Å². The number of ketones is 1. The number of hydrogen-bond acceptors (Lipinski definition) is 4. The maximum atomic E-state index is 10.4. The molecule has 0 aromatic heterocycles. The Labute approximate surface area is 100 Å².